The Kier molecular flexibility index (Phi) is 3.69. The van der Waals surface area contributed by atoms with E-state index in [1.807, 2.05) is 30.3 Å². The van der Waals surface area contributed by atoms with Gasteiger partial charge in [-0.3, -0.25) is 4.79 Å². The molecule has 20 heavy (non-hydrogen) atoms. The van der Waals surface area contributed by atoms with Gasteiger partial charge in [-0.25, -0.2) is 4.98 Å². The summed E-state index contributed by atoms with van der Waals surface area (Å²) in [5.41, 5.74) is 1.07. The average Bonchev–Trinajstić information content (AvgIpc) is 2.49. The molecule has 0 spiro atoms. The van der Waals surface area contributed by atoms with Gasteiger partial charge in [0.25, 0.3) is 0 Å². The van der Waals surface area contributed by atoms with Crippen molar-refractivity contribution in [1.82, 2.24) is 4.98 Å². The monoisotopic (exact) mass is 332 g/mol. The van der Waals surface area contributed by atoms with Crippen LogP contribution in [0, 0.1) is 5.92 Å². The predicted octanol–water partition coefficient (Wildman–Crippen LogP) is 3.03. The molecule has 1 amide bonds. The van der Waals surface area contributed by atoms with Gasteiger partial charge < -0.3 is 10.1 Å². The Bertz CT molecular complexity index is 628. The Morgan fingerprint density at radius 3 is 2.95 bits per heavy atom. The summed E-state index contributed by atoms with van der Waals surface area (Å²) in [6, 6.07) is 11.4. The van der Waals surface area contributed by atoms with Gasteiger partial charge in [0.05, 0.1) is 5.92 Å². The molecule has 0 aliphatic carbocycles. The lowest BCUT2D eigenvalue weighted by atomic mass is 9.96. The fraction of sp³-hybridized carbons (Fsp3) is 0.200. The van der Waals surface area contributed by atoms with E-state index in [1.54, 1.807) is 12.3 Å². The molecule has 0 fully saturated rings. The molecule has 1 aliphatic heterocycles. The lowest BCUT2D eigenvalue weighted by molar-refractivity contribution is -0.121. The molecular weight excluding hydrogens is 320 g/mol. The molecule has 102 valence electrons. The van der Waals surface area contributed by atoms with Crippen LogP contribution in [-0.4, -0.2) is 17.5 Å². The maximum absolute atomic E-state index is 12.2. The maximum atomic E-state index is 12.2. The summed E-state index contributed by atoms with van der Waals surface area (Å²) >= 11 is 3.31. The van der Waals surface area contributed by atoms with E-state index in [0.29, 0.717) is 18.8 Å². The highest BCUT2D eigenvalue weighted by Gasteiger charge is 2.25. The zero-order valence-electron chi connectivity index (χ0n) is 10.7. The molecule has 1 aromatic heterocycles. The largest absolute Gasteiger partial charge is 0.492 e. The SMILES string of the molecule is O=C(Nc1ccc(Br)cn1)C1COc2ccccc2C1. The van der Waals surface area contributed by atoms with Crippen LogP contribution in [0.25, 0.3) is 0 Å². The molecule has 5 heteroatoms. The van der Waals surface area contributed by atoms with Crippen molar-refractivity contribution in [3.05, 3.63) is 52.6 Å². The van der Waals surface area contributed by atoms with Crippen molar-refractivity contribution < 1.29 is 9.53 Å². The van der Waals surface area contributed by atoms with Crippen LogP contribution < -0.4 is 10.1 Å². The van der Waals surface area contributed by atoms with Gasteiger partial charge in [-0.1, -0.05) is 18.2 Å². The number of para-hydroxylation sites is 1. The minimum Gasteiger partial charge on any atom is -0.492 e. The van der Waals surface area contributed by atoms with E-state index in [2.05, 4.69) is 26.2 Å². The summed E-state index contributed by atoms with van der Waals surface area (Å²) in [5.74, 6) is 1.18. The van der Waals surface area contributed by atoms with E-state index in [-0.39, 0.29) is 11.8 Å². The highest BCUT2D eigenvalue weighted by molar-refractivity contribution is 9.10. The molecule has 4 nitrogen and oxygen atoms in total. The number of rotatable bonds is 2. The van der Waals surface area contributed by atoms with Gasteiger partial charge in [0.15, 0.2) is 0 Å². The van der Waals surface area contributed by atoms with E-state index in [0.717, 1.165) is 15.8 Å². The van der Waals surface area contributed by atoms with Crippen LogP contribution in [0.1, 0.15) is 5.56 Å². The molecule has 0 bridgehead atoms. The summed E-state index contributed by atoms with van der Waals surface area (Å²) in [6.45, 7) is 0.402. The first-order valence-corrected chi connectivity index (χ1v) is 7.15. The first kappa shape index (κ1) is 13.1. The van der Waals surface area contributed by atoms with Gasteiger partial charge >= 0.3 is 0 Å². The lowest BCUT2D eigenvalue weighted by Gasteiger charge is -2.24. The summed E-state index contributed by atoms with van der Waals surface area (Å²) in [4.78, 5) is 16.4. The Balaban J connectivity index is 1.68. The van der Waals surface area contributed by atoms with Crippen molar-refractivity contribution in [1.29, 1.82) is 0 Å². The molecule has 0 saturated carbocycles. The number of carbonyl (C=O) groups excluding carboxylic acids is 1. The second-order valence-electron chi connectivity index (χ2n) is 4.67. The Hall–Kier alpha value is -1.88. The number of nitrogens with zero attached hydrogens (tertiary/aromatic N) is 1. The van der Waals surface area contributed by atoms with Crippen LogP contribution in [0.2, 0.25) is 0 Å². The van der Waals surface area contributed by atoms with E-state index in [1.165, 1.54) is 0 Å². The maximum Gasteiger partial charge on any atom is 0.232 e. The molecule has 1 atom stereocenters. The zero-order valence-corrected chi connectivity index (χ0v) is 12.3. The second kappa shape index (κ2) is 5.63. The molecule has 2 aromatic rings. The van der Waals surface area contributed by atoms with Crippen molar-refractivity contribution in [2.45, 2.75) is 6.42 Å². The number of amides is 1. The fourth-order valence-corrected chi connectivity index (χ4v) is 2.41. The van der Waals surface area contributed by atoms with E-state index in [4.69, 9.17) is 4.74 Å². The molecule has 0 radical (unpaired) electrons. The quantitative estimate of drug-likeness (QED) is 0.919. The van der Waals surface area contributed by atoms with Crippen molar-refractivity contribution in [2.24, 2.45) is 5.92 Å². The zero-order chi connectivity index (χ0) is 13.9. The van der Waals surface area contributed by atoms with Crippen molar-refractivity contribution in [3.63, 3.8) is 0 Å². The molecular formula is C15H13BrN2O2. The van der Waals surface area contributed by atoms with Gasteiger partial charge in [-0.2, -0.15) is 0 Å². The third kappa shape index (κ3) is 2.82. The minimum atomic E-state index is -0.185. The number of ether oxygens (including phenoxy) is 1. The standard InChI is InChI=1S/C15H13BrN2O2/c16-12-5-6-14(17-8-12)18-15(19)11-7-10-3-1-2-4-13(10)20-9-11/h1-6,8,11H,7,9H2,(H,17,18,19). The number of nitrogens with one attached hydrogen (secondary N) is 1. The summed E-state index contributed by atoms with van der Waals surface area (Å²) < 4.78 is 6.51. The molecule has 1 N–H and O–H groups in total. The van der Waals surface area contributed by atoms with Crippen molar-refractivity contribution >= 4 is 27.7 Å². The number of hydrogen-bond acceptors (Lipinski definition) is 3. The van der Waals surface area contributed by atoms with E-state index >= 15 is 0 Å². The average molecular weight is 333 g/mol. The van der Waals surface area contributed by atoms with Crippen LogP contribution >= 0.6 is 15.9 Å². The number of carbonyl (C=O) groups is 1. The molecule has 1 aliphatic rings. The first-order valence-electron chi connectivity index (χ1n) is 6.35. The molecule has 1 unspecified atom stereocenters. The number of aromatic nitrogens is 1. The van der Waals surface area contributed by atoms with Crippen LogP contribution in [0.4, 0.5) is 5.82 Å². The number of hydrogen-bond donors (Lipinski definition) is 1. The Morgan fingerprint density at radius 1 is 1.30 bits per heavy atom. The highest BCUT2D eigenvalue weighted by Crippen LogP contribution is 2.27. The van der Waals surface area contributed by atoms with Crippen LogP contribution in [0.15, 0.2) is 47.1 Å². The van der Waals surface area contributed by atoms with Gasteiger partial charge in [0, 0.05) is 10.7 Å². The number of fused-ring (bicyclic) bond motifs is 1. The fourth-order valence-electron chi connectivity index (χ4n) is 2.17. The number of benzene rings is 1. The number of anilines is 1. The summed E-state index contributed by atoms with van der Waals surface area (Å²) in [7, 11) is 0. The van der Waals surface area contributed by atoms with Gasteiger partial charge in [-0.15, -0.1) is 0 Å². The summed E-state index contributed by atoms with van der Waals surface area (Å²) in [6.07, 6.45) is 2.35. The Labute approximate surface area is 125 Å². The van der Waals surface area contributed by atoms with Crippen molar-refractivity contribution in [3.8, 4) is 5.75 Å². The predicted molar refractivity (Wildman–Crippen MR) is 79.7 cm³/mol. The third-order valence-electron chi connectivity index (χ3n) is 3.23. The van der Waals surface area contributed by atoms with Crippen LogP contribution in [0.5, 0.6) is 5.75 Å². The lowest BCUT2D eigenvalue weighted by Crippen LogP contribution is -2.32. The van der Waals surface area contributed by atoms with E-state index < -0.39 is 0 Å². The van der Waals surface area contributed by atoms with Gasteiger partial charge in [0.2, 0.25) is 5.91 Å². The second-order valence-corrected chi connectivity index (χ2v) is 5.59. The van der Waals surface area contributed by atoms with Crippen LogP contribution in [0.3, 0.4) is 0 Å². The minimum absolute atomic E-state index is 0.0608. The molecule has 3 rings (SSSR count). The van der Waals surface area contributed by atoms with Gasteiger partial charge in [0.1, 0.15) is 18.2 Å². The molecule has 1 aromatic carbocycles. The van der Waals surface area contributed by atoms with Crippen molar-refractivity contribution in [2.75, 3.05) is 11.9 Å². The normalized spacial score (nSPS) is 16.9. The first-order chi connectivity index (χ1) is 9.72. The molecule has 0 saturated heterocycles. The topological polar surface area (TPSA) is 51.2 Å². The molecule has 2 heterocycles. The summed E-state index contributed by atoms with van der Waals surface area (Å²) in [5, 5.41) is 2.82. The number of halogens is 1. The smallest absolute Gasteiger partial charge is 0.232 e. The highest BCUT2D eigenvalue weighted by atomic mass is 79.9. The van der Waals surface area contributed by atoms with E-state index in [9.17, 15) is 4.79 Å². The Morgan fingerprint density at radius 2 is 2.15 bits per heavy atom. The number of pyridine rings is 1. The van der Waals surface area contributed by atoms with Gasteiger partial charge in [-0.05, 0) is 46.1 Å². The third-order valence-corrected chi connectivity index (χ3v) is 3.70. The van der Waals surface area contributed by atoms with Crippen LogP contribution in [-0.2, 0) is 11.2 Å².